The summed E-state index contributed by atoms with van der Waals surface area (Å²) in [5.74, 6) is 1.01. The Kier molecular flexibility index (Phi) is 5.46. The fraction of sp³-hybridized carbons (Fsp3) is 0.125. The normalized spacial score (nSPS) is 9.67. The largest absolute Gasteiger partial charge is 0.330 e. The summed E-state index contributed by atoms with van der Waals surface area (Å²) in [5.41, 5.74) is 9.20. The molecular weight excluding hydrogens is 277 g/mol. The number of nitrogens with zero attached hydrogens (tertiary/aromatic N) is 2. The highest BCUT2D eigenvalue weighted by atomic mass is 32.2. The maximum Gasteiger partial charge on any atom is 0.274 e. The Hall–Kier alpha value is -2.21. The molecule has 0 bridgehead atoms. The molecule has 102 valence electrons. The van der Waals surface area contributed by atoms with Gasteiger partial charge in [0.2, 0.25) is 0 Å². The van der Waals surface area contributed by atoms with Crippen LogP contribution in [0.25, 0.3) is 0 Å². The molecule has 0 aliphatic rings. The summed E-state index contributed by atoms with van der Waals surface area (Å²) < 4.78 is 0. The first-order valence-corrected chi connectivity index (χ1v) is 7.65. The second kappa shape index (κ2) is 7.54. The summed E-state index contributed by atoms with van der Waals surface area (Å²) in [7, 11) is 0. The molecule has 0 aliphatic carbocycles. The molecule has 2 rings (SSSR count). The van der Waals surface area contributed by atoms with Gasteiger partial charge in [-0.1, -0.05) is 35.2 Å². The molecule has 0 amide bonds. The van der Waals surface area contributed by atoms with Gasteiger partial charge in [0.15, 0.2) is 0 Å². The maximum absolute atomic E-state index is 8.88. The summed E-state index contributed by atoms with van der Waals surface area (Å²) in [6.07, 6.45) is 0. The highest BCUT2D eigenvalue weighted by Crippen LogP contribution is 2.09. The third kappa shape index (κ3) is 3.89. The van der Waals surface area contributed by atoms with Gasteiger partial charge < -0.3 is 5.73 Å². The van der Waals surface area contributed by atoms with Crippen LogP contribution in [0, 0.1) is 22.7 Å². The van der Waals surface area contributed by atoms with Gasteiger partial charge >= 0.3 is 0 Å². The second-order valence-electron chi connectivity index (χ2n) is 4.51. The quantitative estimate of drug-likeness (QED) is 0.841. The van der Waals surface area contributed by atoms with E-state index < -0.39 is 0 Å². The minimum Gasteiger partial charge on any atom is -0.330 e. The van der Waals surface area contributed by atoms with Crippen LogP contribution in [0.15, 0.2) is 48.5 Å². The molecule has 0 aliphatic heterocycles. The molecular formula is C16H14BN3S. The molecule has 5 heteroatoms. The van der Waals surface area contributed by atoms with Crippen LogP contribution in [-0.4, -0.2) is 18.3 Å². The van der Waals surface area contributed by atoms with Crippen molar-refractivity contribution in [1.82, 2.24) is 0 Å². The molecule has 0 radical (unpaired) electrons. The molecule has 2 aromatic carbocycles. The lowest BCUT2D eigenvalue weighted by Crippen LogP contribution is -2.40. The Labute approximate surface area is 129 Å². The van der Waals surface area contributed by atoms with Gasteiger partial charge in [-0.15, -0.1) is 0 Å². The van der Waals surface area contributed by atoms with Gasteiger partial charge in [0.25, 0.3) is 5.99 Å². The summed E-state index contributed by atoms with van der Waals surface area (Å²) in [6, 6.07) is 19.5. The van der Waals surface area contributed by atoms with E-state index in [1.54, 1.807) is 11.6 Å². The first-order valence-electron chi connectivity index (χ1n) is 6.60. The zero-order valence-corrected chi connectivity index (χ0v) is 12.3. The van der Waals surface area contributed by atoms with E-state index in [-0.39, 0.29) is 5.99 Å². The highest BCUT2D eigenvalue weighted by molar-refractivity contribution is 8.28. The molecule has 0 saturated heterocycles. The lowest BCUT2D eigenvalue weighted by atomic mass is 9.61. The molecule has 2 aromatic rings. The van der Waals surface area contributed by atoms with E-state index >= 15 is 0 Å². The average Bonchev–Trinajstić information content (AvgIpc) is 2.56. The van der Waals surface area contributed by atoms with Crippen LogP contribution in [0.2, 0.25) is 0 Å². The molecule has 0 aromatic heterocycles. The monoisotopic (exact) mass is 291 g/mol. The Morgan fingerprint density at radius 1 is 0.857 bits per heavy atom. The van der Waals surface area contributed by atoms with Crippen LogP contribution >= 0.6 is 11.6 Å². The standard InChI is InChI=1S/C16H14BN3S/c18-9-10-21-17(15-5-1-13(11-19)2-6-15)16-7-3-14(12-20)4-8-16/h1-8H,9-10,18H2. The number of nitrogens with two attached hydrogens (primary N) is 1. The van der Waals surface area contributed by atoms with Gasteiger partial charge in [0.1, 0.15) is 0 Å². The zero-order chi connectivity index (χ0) is 15.1. The van der Waals surface area contributed by atoms with E-state index in [2.05, 4.69) is 12.1 Å². The lowest BCUT2D eigenvalue weighted by molar-refractivity contribution is 1.15. The maximum atomic E-state index is 8.88. The summed E-state index contributed by atoms with van der Waals surface area (Å²) in [4.78, 5) is 0. The predicted molar refractivity (Wildman–Crippen MR) is 88.8 cm³/mol. The Balaban J connectivity index is 2.32. The van der Waals surface area contributed by atoms with Crippen LogP contribution in [0.1, 0.15) is 11.1 Å². The van der Waals surface area contributed by atoms with Crippen molar-refractivity contribution in [2.45, 2.75) is 0 Å². The summed E-state index contributed by atoms with van der Waals surface area (Å²) in [5, 5.41) is 17.8. The van der Waals surface area contributed by atoms with E-state index in [4.69, 9.17) is 16.3 Å². The Morgan fingerprint density at radius 2 is 1.29 bits per heavy atom. The van der Waals surface area contributed by atoms with Crippen LogP contribution in [0.4, 0.5) is 0 Å². The smallest absolute Gasteiger partial charge is 0.274 e. The average molecular weight is 291 g/mol. The fourth-order valence-electron chi connectivity index (χ4n) is 2.04. The van der Waals surface area contributed by atoms with Crippen LogP contribution in [-0.2, 0) is 0 Å². The highest BCUT2D eigenvalue weighted by Gasteiger charge is 2.19. The number of benzene rings is 2. The summed E-state index contributed by atoms with van der Waals surface area (Å²) in [6.45, 7) is 0.619. The first kappa shape index (κ1) is 15.2. The fourth-order valence-corrected chi connectivity index (χ4v) is 3.11. The topological polar surface area (TPSA) is 73.6 Å². The molecule has 0 spiro atoms. The van der Waals surface area contributed by atoms with Crippen molar-refractivity contribution in [3.8, 4) is 12.1 Å². The SMILES string of the molecule is N#Cc1ccc(B(SCCN)c2ccc(C#N)cc2)cc1. The Bertz CT molecular complexity index is 611. The van der Waals surface area contributed by atoms with Gasteiger partial charge in [0.05, 0.1) is 23.3 Å². The zero-order valence-electron chi connectivity index (χ0n) is 11.5. The van der Waals surface area contributed by atoms with Crippen molar-refractivity contribution in [2.24, 2.45) is 5.73 Å². The van der Waals surface area contributed by atoms with E-state index in [9.17, 15) is 0 Å². The van der Waals surface area contributed by atoms with Gasteiger partial charge in [-0.3, -0.25) is 0 Å². The van der Waals surface area contributed by atoms with E-state index in [1.807, 2.05) is 48.5 Å². The summed E-state index contributed by atoms with van der Waals surface area (Å²) >= 11 is 1.76. The number of hydrogen-bond acceptors (Lipinski definition) is 4. The molecule has 0 atom stereocenters. The van der Waals surface area contributed by atoms with E-state index in [1.165, 1.54) is 0 Å². The first-order chi connectivity index (χ1) is 10.3. The second-order valence-corrected chi connectivity index (χ2v) is 5.72. The molecule has 21 heavy (non-hydrogen) atoms. The minimum absolute atomic E-state index is 0.161. The van der Waals surface area contributed by atoms with Gasteiger partial charge in [-0.05, 0) is 30.0 Å². The van der Waals surface area contributed by atoms with E-state index in [0.29, 0.717) is 17.7 Å². The molecule has 0 unspecified atom stereocenters. The van der Waals surface area contributed by atoms with Crippen molar-refractivity contribution in [3.63, 3.8) is 0 Å². The number of hydrogen-bond donors (Lipinski definition) is 1. The predicted octanol–water partition coefficient (Wildman–Crippen LogP) is 1.23. The van der Waals surface area contributed by atoms with E-state index in [0.717, 1.165) is 16.7 Å². The lowest BCUT2D eigenvalue weighted by Gasteiger charge is -2.14. The van der Waals surface area contributed by atoms with Crippen molar-refractivity contribution >= 4 is 28.5 Å². The van der Waals surface area contributed by atoms with Gasteiger partial charge in [0, 0.05) is 6.54 Å². The van der Waals surface area contributed by atoms with Crippen LogP contribution in [0.5, 0.6) is 0 Å². The van der Waals surface area contributed by atoms with Gasteiger partial charge in [-0.25, -0.2) is 0 Å². The van der Waals surface area contributed by atoms with Crippen LogP contribution < -0.4 is 16.7 Å². The molecule has 3 nitrogen and oxygen atoms in total. The number of nitriles is 2. The Morgan fingerprint density at radius 3 is 1.62 bits per heavy atom. The molecule has 0 heterocycles. The van der Waals surface area contributed by atoms with Crippen molar-refractivity contribution < 1.29 is 0 Å². The van der Waals surface area contributed by atoms with Crippen molar-refractivity contribution in [2.75, 3.05) is 12.3 Å². The molecule has 2 N–H and O–H groups in total. The molecule has 0 fully saturated rings. The minimum atomic E-state index is 0.161. The third-order valence-corrected chi connectivity index (χ3v) is 4.44. The number of rotatable bonds is 5. The van der Waals surface area contributed by atoms with Crippen molar-refractivity contribution in [3.05, 3.63) is 59.7 Å². The molecule has 0 saturated carbocycles. The van der Waals surface area contributed by atoms with Gasteiger partial charge in [-0.2, -0.15) is 22.1 Å². The van der Waals surface area contributed by atoms with Crippen molar-refractivity contribution in [1.29, 1.82) is 10.5 Å². The third-order valence-electron chi connectivity index (χ3n) is 3.09. The van der Waals surface area contributed by atoms with Crippen LogP contribution in [0.3, 0.4) is 0 Å².